The Morgan fingerprint density at radius 1 is 0.431 bits per heavy atom. The average molecular weight is 858 g/mol. The van der Waals surface area contributed by atoms with Gasteiger partial charge in [-0.1, -0.05) is 151 Å². The summed E-state index contributed by atoms with van der Waals surface area (Å²) in [6.45, 7) is 29.9. The number of benzene rings is 3. The van der Waals surface area contributed by atoms with Crippen LogP contribution in [0, 0.1) is 0 Å². The highest BCUT2D eigenvalue weighted by molar-refractivity contribution is 6.06. The van der Waals surface area contributed by atoms with Crippen LogP contribution < -0.4 is 0 Å². The molecule has 0 amide bonds. The van der Waals surface area contributed by atoms with Gasteiger partial charge in [0.2, 0.25) is 0 Å². The molecular formula is C60H67N5. The molecule has 5 nitrogen and oxygen atoms in total. The fourth-order valence-corrected chi connectivity index (χ4v) is 9.31. The Morgan fingerprint density at radius 2 is 0.908 bits per heavy atom. The molecule has 2 aliphatic heterocycles. The first-order valence-electron chi connectivity index (χ1n) is 23.7. The zero-order chi connectivity index (χ0) is 46.2. The summed E-state index contributed by atoms with van der Waals surface area (Å²) in [7, 11) is 0. The van der Waals surface area contributed by atoms with Crippen molar-refractivity contribution in [2.45, 2.75) is 131 Å². The second-order valence-corrected chi connectivity index (χ2v) is 22.6. The van der Waals surface area contributed by atoms with E-state index in [0.29, 0.717) is 0 Å². The van der Waals surface area contributed by atoms with Crippen LogP contribution in [0.1, 0.15) is 154 Å². The Kier molecular flexibility index (Phi) is 10.9. The standard InChI is InChI=1S/C60H67N5/c1-14-15-19-46-55(44-18-16-17-20-45(44)63-46)56-51-27-25-49(64-51)53(36-29-38(57(2,3)4)33-39(30-36)58(5,6)7)47-23-21-42(61-47)35-43-22-24-48(62-43)54(50-26-28-52(56)65-50)37-31-40(59(8,9)10)34-41(32-37)60(11,12)13/h16-18,20-35,61,63,65H,14-15,19H2,1-13H3. The Morgan fingerprint density at radius 3 is 1.46 bits per heavy atom. The van der Waals surface area contributed by atoms with Crippen LogP contribution in [0.2, 0.25) is 0 Å². The number of para-hydroxylation sites is 1. The van der Waals surface area contributed by atoms with E-state index in [1.165, 1.54) is 38.9 Å². The maximum Gasteiger partial charge on any atom is 0.0738 e. The lowest BCUT2D eigenvalue weighted by Gasteiger charge is -2.26. The van der Waals surface area contributed by atoms with Crippen LogP contribution >= 0.6 is 0 Å². The quantitative estimate of drug-likeness (QED) is 0.156. The van der Waals surface area contributed by atoms with E-state index in [1.54, 1.807) is 0 Å². The van der Waals surface area contributed by atoms with Crippen molar-refractivity contribution in [2.75, 3.05) is 0 Å². The third kappa shape index (κ3) is 8.58. The van der Waals surface area contributed by atoms with Gasteiger partial charge in [-0.3, -0.25) is 0 Å². The summed E-state index contributed by atoms with van der Waals surface area (Å²) in [6.07, 6.45) is 11.9. The smallest absolute Gasteiger partial charge is 0.0738 e. The second-order valence-electron chi connectivity index (χ2n) is 22.6. The predicted octanol–water partition coefficient (Wildman–Crippen LogP) is 16.7. The van der Waals surface area contributed by atoms with Crippen LogP contribution in [0.4, 0.5) is 0 Å². The minimum absolute atomic E-state index is 0.0515. The van der Waals surface area contributed by atoms with Gasteiger partial charge in [0.25, 0.3) is 0 Å². The number of aromatic nitrogens is 5. The van der Waals surface area contributed by atoms with Gasteiger partial charge < -0.3 is 15.0 Å². The summed E-state index contributed by atoms with van der Waals surface area (Å²) in [5, 5.41) is 1.20. The molecule has 332 valence electrons. The summed E-state index contributed by atoms with van der Waals surface area (Å²) in [4.78, 5) is 22.9. The summed E-state index contributed by atoms with van der Waals surface area (Å²) >= 11 is 0. The van der Waals surface area contributed by atoms with Crippen LogP contribution in [0.15, 0.2) is 91.0 Å². The second kappa shape index (κ2) is 16.0. The molecular weight excluding hydrogens is 791 g/mol. The number of fused-ring (bicyclic) bond motifs is 9. The first kappa shape index (κ1) is 44.0. The molecule has 0 radical (unpaired) electrons. The Hall–Kier alpha value is -6.20. The van der Waals surface area contributed by atoms with Crippen molar-refractivity contribution < 1.29 is 0 Å². The number of unbranched alkanes of at least 4 members (excludes halogenated alkanes) is 1. The third-order valence-corrected chi connectivity index (χ3v) is 13.3. The lowest BCUT2D eigenvalue weighted by Crippen LogP contribution is -2.16. The van der Waals surface area contributed by atoms with Gasteiger partial charge in [0.1, 0.15) is 0 Å². The van der Waals surface area contributed by atoms with Gasteiger partial charge in [0.15, 0.2) is 0 Å². The normalized spacial score (nSPS) is 13.4. The van der Waals surface area contributed by atoms with E-state index in [1.807, 2.05) is 0 Å². The minimum atomic E-state index is -0.0515. The van der Waals surface area contributed by atoms with Crippen molar-refractivity contribution in [3.63, 3.8) is 0 Å². The van der Waals surface area contributed by atoms with E-state index in [2.05, 4.69) is 220 Å². The summed E-state index contributed by atoms with van der Waals surface area (Å²) in [6, 6.07) is 34.1. The van der Waals surface area contributed by atoms with Crippen LogP contribution in [0.25, 0.3) is 90.7 Å². The molecule has 9 rings (SSSR count). The molecule has 3 N–H and O–H groups in total. The number of H-pyrrole nitrogens is 3. The highest BCUT2D eigenvalue weighted by Crippen LogP contribution is 2.43. The van der Waals surface area contributed by atoms with Crippen LogP contribution in [-0.4, -0.2) is 24.9 Å². The topological polar surface area (TPSA) is 73.2 Å². The highest BCUT2D eigenvalue weighted by atomic mass is 14.8. The lowest BCUT2D eigenvalue weighted by atomic mass is 9.78. The van der Waals surface area contributed by atoms with Gasteiger partial charge in [0, 0.05) is 60.9 Å². The van der Waals surface area contributed by atoms with Crippen molar-refractivity contribution in [2.24, 2.45) is 0 Å². The van der Waals surface area contributed by atoms with Crippen LogP contribution in [0.5, 0.6) is 0 Å². The van der Waals surface area contributed by atoms with Crippen molar-refractivity contribution in [3.05, 3.63) is 142 Å². The molecule has 5 heteroatoms. The van der Waals surface area contributed by atoms with Gasteiger partial charge in [-0.25, -0.2) is 9.97 Å². The molecule has 3 aromatic carbocycles. The molecule has 0 unspecified atom stereocenters. The number of aryl methyl sites for hydroxylation is 1. The molecule has 4 aromatic heterocycles. The highest BCUT2D eigenvalue weighted by Gasteiger charge is 2.26. The molecule has 2 aliphatic rings. The molecule has 7 aromatic rings. The molecule has 0 aliphatic carbocycles. The number of rotatable bonds is 6. The molecule has 6 heterocycles. The molecule has 0 atom stereocenters. The molecule has 8 bridgehead atoms. The SMILES string of the molecule is CCCCc1[nH]c2ccccc2c1-c1c2nc(c(-c3cc(C(C)(C)C)cc(C(C)(C)C)c3)c3ccc(cc4nc(c(-c5cc(C(C)(C)C)cc(C(C)(C)C)c5)c5ccc1[nH]5)C=C4)[nH]3)C=C2. The molecule has 0 saturated carbocycles. The van der Waals surface area contributed by atoms with Crippen molar-refractivity contribution in [1.82, 2.24) is 24.9 Å². The van der Waals surface area contributed by atoms with E-state index in [9.17, 15) is 0 Å². The van der Waals surface area contributed by atoms with Crippen molar-refractivity contribution >= 4 is 57.3 Å². The zero-order valence-electron chi connectivity index (χ0n) is 41.0. The van der Waals surface area contributed by atoms with Gasteiger partial charge in [0.05, 0.1) is 22.8 Å². The molecule has 65 heavy (non-hydrogen) atoms. The minimum Gasteiger partial charge on any atom is -0.358 e. The number of aromatic amines is 3. The van der Waals surface area contributed by atoms with E-state index in [4.69, 9.17) is 9.97 Å². The van der Waals surface area contributed by atoms with E-state index < -0.39 is 0 Å². The van der Waals surface area contributed by atoms with Gasteiger partial charge in [-0.05, 0) is 129 Å². The molecule has 0 fully saturated rings. The van der Waals surface area contributed by atoms with E-state index >= 15 is 0 Å². The van der Waals surface area contributed by atoms with Gasteiger partial charge in [-0.2, -0.15) is 0 Å². The average Bonchev–Trinajstić information content (AvgIpc) is 4.10. The number of nitrogens with one attached hydrogen (secondary N) is 3. The Balaban J connectivity index is 1.46. The van der Waals surface area contributed by atoms with Crippen LogP contribution in [-0.2, 0) is 28.1 Å². The number of nitrogens with zero attached hydrogens (tertiary/aromatic N) is 2. The number of hydrogen-bond donors (Lipinski definition) is 3. The van der Waals surface area contributed by atoms with Gasteiger partial charge in [-0.15, -0.1) is 0 Å². The first-order chi connectivity index (χ1) is 30.7. The Labute approximate surface area is 386 Å². The lowest BCUT2D eigenvalue weighted by molar-refractivity contribution is 0.568. The van der Waals surface area contributed by atoms with Gasteiger partial charge >= 0.3 is 0 Å². The first-order valence-corrected chi connectivity index (χ1v) is 23.7. The summed E-state index contributed by atoms with van der Waals surface area (Å²) < 4.78 is 0. The van der Waals surface area contributed by atoms with Crippen molar-refractivity contribution in [1.29, 1.82) is 0 Å². The largest absolute Gasteiger partial charge is 0.358 e. The fourth-order valence-electron chi connectivity index (χ4n) is 9.31. The maximum absolute atomic E-state index is 5.72. The molecule has 0 spiro atoms. The van der Waals surface area contributed by atoms with Crippen molar-refractivity contribution in [3.8, 4) is 33.4 Å². The van der Waals surface area contributed by atoms with E-state index in [-0.39, 0.29) is 21.7 Å². The van der Waals surface area contributed by atoms with Crippen LogP contribution in [0.3, 0.4) is 0 Å². The summed E-state index contributed by atoms with van der Waals surface area (Å²) in [5.74, 6) is 0. The zero-order valence-corrected chi connectivity index (χ0v) is 41.0. The summed E-state index contributed by atoms with van der Waals surface area (Å²) in [5.41, 5.74) is 21.9. The third-order valence-electron chi connectivity index (χ3n) is 13.3. The Bertz CT molecular complexity index is 3080. The maximum atomic E-state index is 5.72. The predicted molar refractivity (Wildman–Crippen MR) is 280 cm³/mol. The van der Waals surface area contributed by atoms with E-state index in [0.717, 1.165) is 97.4 Å². The monoisotopic (exact) mass is 858 g/mol. The number of hydrogen-bond acceptors (Lipinski definition) is 2. The fraction of sp³-hybridized carbons (Fsp3) is 0.333. The molecule has 0 saturated heterocycles.